The molecular weight excluding hydrogens is 226 g/mol. The highest BCUT2D eigenvalue weighted by Gasteiger charge is 2.35. The number of nitrogens with zero attached hydrogens (tertiary/aromatic N) is 2. The average Bonchev–Trinajstić information content (AvgIpc) is 2.40. The van der Waals surface area contributed by atoms with Crippen LogP contribution in [-0.4, -0.2) is 37.0 Å². The number of nitriles is 1. The Kier molecular flexibility index (Phi) is 5.61. The minimum absolute atomic E-state index is 0.103. The number of piperidine rings is 1. The smallest absolute Gasteiger partial charge is 0.240 e. The summed E-state index contributed by atoms with van der Waals surface area (Å²) in [5.74, 6) is -0.103. The van der Waals surface area contributed by atoms with Crippen LogP contribution < -0.4 is 5.32 Å². The van der Waals surface area contributed by atoms with Crippen molar-refractivity contribution < 1.29 is 4.79 Å². The molecule has 1 amide bonds. The third-order valence-electron chi connectivity index (χ3n) is 4.28. The number of rotatable bonds is 5. The molecule has 1 aliphatic heterocycles. The predicted molar refractivity (Wildman–Crippen MR) is 71.9 cm³/mol. The molecule has 1 atom stereocenters. The van der Waals surface area contributed by atoms with Crippen LogP contribution in [0.1, 0.15) is 46.0 Å². The van der Waals surface area contributed by atoms with E-state index in [2.05, 4.69) is 23.3 Å². The normalized spacial score (nSPS) is 21.3. The van der Waals surface area contributed by atoms with Crippen LogP contribution in [0.4, 0.5) is 0 Å². The van der Waals surface area contributed by atoms with Crippen LogP contribution in [0.3, 0.4) is 0 Å². The first-order valence-corrected chi connectivity index (χ1v) is 6.99. The van der Waals surface area contributed by atoms with Gasteiger partial charge in [0.15, 0.2) is 0 Å². The van der Waals surface area contributed by atoms with Crippen molar-refractivity contribution >= 4 is 5.91 Å². The maximum absolute atomic E-state index is 12.2. The summed E-state index contributed by atoms with van der Waals surface area (Å²) in [6.45, 7) is 5.57. The van der Waals surface area contributed by atoms with Gasteiger partial charge in [0.25, 0.3) is 0 Å². The number of hydrogen-bond donors (Lipinski definition) is 1. The summed E-state index contributed by atoms with van der Waals surface area (Å²) in [7, 11) is 2.10. The van der Waals surface area contributed by atoms with E-state index < -0.39 is 5.41 Å². The van der Waals surface area contributed by atoms with Crippen molar-refractivity contribution in [1.82, 2.24) is 10.2 Å². The molecule has 0 saturated carbocycles. The zero-order chi connectivity index (χ0) is 13.6. The summed E-state index contributed by atoms with van der Waals surface area (Å²) in [5.41, 5.74) is -0.840. The first-order valence-electron chi connectivity index (χ1n) is 6.99. The van der Waals surface area contributed by atoms with Crippen LogP contribution in [0.2, 0.25) is 0 Å². The summed E-state index contributed by atoms with van der Waals surface area (Å²) in [4.78, 5) is 14.5. The summed E-state index contributed by atoms with van der Waals surface area (Å²) in [6.07, 6.45) is 4.76. The molecule has 0 aromatic heterocycles. The second-order valence-electron chi connectivity index (χ2n) is 5.24. The molecule has 0 spiro atoms. The molecule has 0 bridgehead atoms. The van der Waals surface area contributed by atoms with Crippen molar-refractivity contribution in [2.24, 2.45) is 5.41 Å². The van der Waals surface area contributed by atoms with Crippen molar-refractivity contribution in [3.05, 3.63) is 0 Å². The zero-order valence-electron chi connectivity index (χ0n) is 11.8. The van der Waals surface area contributed by atoms with Gasteiger partial charge >= 0.3 is 0 Å². The zero-order valence-corrected chi connectivity index (χ0v) is 11.8. The van der Waals surface area contributed by atoms with E-state index in [9.17, 15) is 10.1 Å². The van der Waals surface area contributed by atoms with Gasteiger partial charge in [0.1, 0.15) is 5.41 Å². The maximum Gasteiger partial charge on any atom is 0.240 e. The minimum Gasteiger partial charge on any atom is -0.353 e. The van der Waals surface area contributed by atoms with Crippen molar-refractivity contribution in [2.45, 2.75) is 52.0 Å². The third-order valence-corrected chi connectivity index (χ3v) is 4.28. The van der Waals surface area contributed by atoms with Gasteiger partial charge in [0, 0.05) is 12.6 Å². The number of carbonyl (C=O) groups is 1. The highest BCUT2D eigenvalue weighted by Crippen LogP contribution is 2.25. The third kappa shape index (κ3) is 3.23. The highest BCUT2D eigenvalue weighted by molar-refractivity contribution is 5.85. The Morgan fingerprint density at radius 3 is 2.61 bits per heavy atom. The van der Waals surface area contributed by atoms with Gasteiger partial charge in [-0.1, -0.05) is 20.3 Å². The van der Waals surface area contributed by atoms with Crippen LogP contribution >= 0.6 is 0 Å². The Morgan fingerprint density at radius 1 is 1.44 bits per heavy atom. The van der Waals surface area contributed by atoms with Gasteiger partial charge < -0.3 is 10.2 Å². The van der Waals surface area contributed by atoms with Gasteiger partial charge in [0.2, 0.25) is 5.91 Å². The summed E-state index contributed by atoms with van der Waals surface area (Å²) >= 11 is 0. The molecule has 1 aliphatic rings. The van der Waals surface area contributed by atoms with E-state index in [4.69, 9.17) is 0 Å². The number of likely N-dealkylation sites (tertiary alicyclic amines) is 1. The fourth-order valence-corrected chi connectivity index (χ4v) is 2.56. The van der Waals surface area contributed by atoms with Gasteiger partial charge in [-0.15, -0.1) is 0 Å². The molecule has 1 N–H and O–H groups in total. The Hall–Kier alpha value is -1.08. The fraction of sp³-hybridized carbons (Fsp3) is 0.857. The van der Waals surface area contributed by atoms with Crippen molar-refractivity contribution in [2.75, 3.05) is 20.1 Å². The molecule has 0 aromatic rings. The lowest BCUT2D eigenvalue weighted by Gasteiger charge is -2.33. The highest BCUT2D eigenvalue weighted by atomic mass is 16.2. The van der Waals surface area contributed by atoms with Crippen LogP contribution in [0.5, 0.6) is 0 Å². The number of carbonyl (C=O) groups excluding carboxylic acids is 1. The Morgan fingerprint density at radius 2 is 2.11 bits per heavy atom. The topological polar surface area (TPSA) is 56.1 Å². The van der Waals surface area contributed by atoms with Crippen molar-refractivity contribution in [3.8, 4) is 6.07 Å². The lowest BCUT2D eigenvalue weighted by molar-refractivity contribution is -0.128. The molecule has 0 radical (unpaired) electrons. The molecule has 0 aliphatic carbocycles. The Bertz CT molecular complexity index is 317. The number of likely N-dealkylation sites (N-methyl/N-ethyl adjacent to an activating group) is 1. The summed E-state index contributed by atoms with van der Waals surface area (Å²) in [5, 5.41) is 12.2. The Balaban J connectivity index is 2.52. The van der Waals surface area contributed by atoms with Gasteiger partial charge in [0.05, 0.1) is 6.07 Å². The first-order chi connectivity index (χ1) is 8.59. The molecular formula is C14H25N3O. The first kappa shape index (κ1) is 15.0. The predicted octanol–water partition coefficient (Wildman–Crippen LogP) is 1.92. The van der Waals surface area contributed by atoms with Crippen LogP contribution in [-0.2, 0) is 4.79 Å². The van der Waals surface area contributed by atoms with E-state index in [0.29, 0.717) is 25.4 Å². The summed E-state index contributed by atoms with van der Waals surface area (Å²) in [6, 6.07) is 2.61. The molecule has 1 rings (SSSR count). The molecule has 1 saturated heterocycles. The second-order valence-corrected chi connectivity index (χ2v) is 5.24. The average molecular weight is 251 g/mol. The SMILES string of the molecule is CCC(C#N)(CC)C(=O)NCC1CCCCN1C. The number of nitrogens with one attached hydrogen (secondary N) is 1. The van der Waals surface area contributed by atoms with E-state index in [1.807, 2.05) is 13.8 Å². The van der Waals surface area contributed by atoms with E-state index in [0.717, 1.165) is 13.0 Å². The molecule has 1 heterocycles. The molecule has 18 heavy (non-hydrogen) atoms. The minimum atomic E-state index is -0.840. The largest absolute Gasteiger partial charge is 0.353 e. The molecule has 4 nitrogen and oxygen atoms in total. The molecule has 1 fully saturated rings. The molecule has 0 aromatic carbocycles. The van der Waals surface area contributed by atoms with Crippen molar-refractivity contribution in [1.29, 1.82) is 5.26 Å². The van der Waals surface area contributed by atoms with Gasteiger partial charge in [-0.3, -0.25) is 4.79 Å². The summed E-state index contributed by atoms with van der Waals surface area (Å²) < 4.78 is 0. The molecule has 1 unspecified atom stereocenters. The maximum atomic E-state index is 12.2. The van der Waals surface area contributed by atoms with Crippen LogP contribution in [0.15, 0.2) is 0 Å². The Labute approximate surface area is 110 Å². The van der Waals surface area contributed by atoms with E-state index >= 15 is 0 Å². The number of amides is 1. The standard InChI is InChI=1S/C14H25N3O/c1-4-14(5-2,11-15)13(18)16-10-12-8-6-7-9-17(12)3/h12H,4-10H2,1-3H3,(H,16,18). The van der Waals surface area contributed by atoms with Gasteiger partial charge in [-0.25, -0.2) is 0 Å². The van der Waals surface area contributed by atoms with E-state index in [-0.39, 0.29) is 5.91 Å². The molecule has 102 valence electrons. The van der Waals surface area contributed by atoms with Gasteiger partial charge in [-0.05, 0) is 39.3 Å². The quantitative estimate of drug-likeness (QED) is 0.812. The van der Waals surface area contributed by atoms with Crippen molar-refractivity contribution in [3.63, 3.8) is 0 Å². The van der Waals surface area contributed by atoms with Crippen LogP contribution in [0.25, 0.3) is 0 Å². The molecule has 4 heteroatoms. The monoisotopic (exact) mass is 251 g/mol. The second kappa shape index (κ2) is 6.75. The van der Waals surface area contributed by atoms with E-state index in [1.54, 1.807) is 0 Å². The van der Waals surface area contributed by atoms with Crippen LogP contribution in [0, 0.1) is 16.7 Å². The lowest BCUT2D eigenvalue weighted by Crippen LogP contribution is -2.48. The number of hydrogen-bond acceptors (Lipinski definition) is 3. The van der Waals surface area contributed by atoms with Gasteiger partial charge in [-0.2, -0.15) is 5.26 Å². The fourth-order valence-electron chi connectivity index (χ4n) is 2.56. The lowest BCUT2D eigenvalue weighted by atomic mass is 9.83. The van der Waals surface area contributed by atoms with E-state index in [1.165, 1.54) is 12.8 Å².